The Morgan fingerprint density at radius 1 is 1.00 bits per heavy atom. The van der Waals surface area contributed by atoms with Crippen LogP contribution in [0.15, 0.2) is 24.3 Å². The van der Waals surface area contributed by atoms with Gasteiger partial charge < -0.3 is 5.73 Å². The fraction of sp³-hybridized carbons (Fsp3) is 0.500. The molecule has 0 aliphatic heterocycles. The van der Waals surface area contributed by atoms with Gasteiger partial charge in [-0.2, -0.15) is 0 Å². The monoisotopic (exact) mass is 293 g/mol. The molecule has 1 aromatic rings. The zero-order chi connectivity index (χ0) is 13.5. The first-order chi connectivity index (χ1) is 9.11. The molecule has 0 amide bonds. The van der Waals surface area contributed by atoms with E-state index in [-0.39, 0.29) is 29.5 Å². The highest BCUT2D eigenvalue weighted by molar-refractivity contribution is 6.26. The molecule has 3 nitrogen and oxygen atoms in total. The maximum atomic E-state index is 12.3. The van der Waals surface area contributed by atoms with E-state index in [0.29, 0.717) is 17.5 Å². The van der Waals surface area contributed by atoms with Crippen LogP contribution in [0.25, 0.3) is 0 Å². The highest BCUT2D eigenvalue weighted by Gasteiger charge is 2.42. The van der Waals surface area contributed by atoms with E-state index in [9.17, 15) is 9.59 Å². The van der Waals surface area contributed by atoms with Crippen molar-refractivity contribution < 1.29 is 9.59 Å². The summed E-state index contributed by atoms with van der Waals surface area (Å²) in [6.07, 6.45) is 5.81. The van der Waals surface area contributed by atoms with Crippen molar-refractivity contribution in [2.24, 2.45) is 11.7 Å². The Balaban J connectivity index is 0.00000147. The topological polar surface area (TPSA) is 60.2 Å². The smallest absolute Gasteiger partial charge is 0.174 e. The van der Waals surface area contributed by atoms with E-state index in [1.165, 1.54) is 6.42 Å². The van der Waals surface area contributed by atoms with Crippen molar-refractivity contribution in [1.82, 2.24) is 0 Å². The highest BCUT2D eigenvalue weighted by Crippen LogP contribution is 2.36. The summed E-state index contributed by atoms with van der Waals surface area (Å²) in [5.41, 5.74) is 7.23. The predicted octanol–water partition coefficient (Wildman–Crippen LogP) is 3.16. The number of carbonyl (C=O) groups excluding carboxylic acids is 2. The van der Waals surface area contributed by atoms with Gasteiger partial charge in [-0.15, -0.1) is 12.4 Å². The number of benzene rings is 1. The first-order valence-corrected chi connectivity index (χ1v) is 7.07. The Morgan fingerprint density at radius 2 is 1.50 bits per heavy atom. The third-order valence-electron chi connectivity index (χ3n) is 4.55. The van der Waals surface area contributed by atoms with Crippen LogP contribution < -0.4 is 5.73 Å². The molecule has 4 heteroatoms. The van der Waals surface area contributed by atoms with Crippen LogP contribution >= 0.6 is 12.4 Å². The van der Waals surface area contributed by atoms with Crippen LogP contribution in [0, 0.1) is 5.92 Å². The summed E-state index contributed by atoms with van der Waals surface area (Å²) in [7, 11) is 0. The molecule has 0 aromatic heterocycles. The second-order valence-corrected chi connectivity index (χ2v) is 5.95. The maximum absolute atomic E-state index is 12.3. The van der Waals surface area contributed by atoms with Crippen molar-refractivity contribution in [1.29, 1.82) is 0 Å². The van der Waals surface area contributed by atoms with Crippen LogP contribution in [0.2, 0.25) is 0 Å². The number of nitrogens with two attached hydrogens (primary N) is 1. The Kier molecular flexibility index (Phi) is 4.31. The molecule has 1 fully saturated rings. The molecule has 1 aromatic carbocycles. The van der Waals surface area contributed by atoms with Crippen molar-refractivity contribution >= 4 is 24.0 Å². The maximum Gasteiger partial charge on any atom is 0.174 e. The molecule has 2 aliphatic rings. The van der Waals surface area contributed by atoms with Crippen LogP contribution in [0.4, 0.5) is 0 Å². The molecule has 2 aliphatic carbocycles. The Hall–Kier alpha value is -1.19. The molecule has 20 heavy (non-hydrogen) atoms. The van der Waals surface area contributed by atoms with E-state index in [2.05, 4.69) is 0 Å². The molecule has 0 heterocycles. The van der Waals surface area contributed by atoms with Gasteiger partial charge in [0, 0.05) is 16.7 Å². The van der Waals surface area contributed by atoms with E-state index in [1.54, 1.807) is 12.1 Å². The van der Waals surface area contributed by atoms with Crippen molar-refractivity contribution in [3.63, 3.8) is 0 Å². The summed E-state index contributed by atoms with van der Waals surface area (Å²) < 4.78 is 0. The van der Waals surface area contributed by atoms with Gasteiger partial charge in [0.15, 0.2) is 11.6 Å². The number of hydrogen-bond acceptors (Lipinski definition) is 3. The number of halogens is 1. The Labute approximate surface area is 125 Å². The van der Waals surface area contributed by atoms with Gasteiger partial charge in [0.1, 0.15) is 0 Å². The molecule has 1 saturated carbocycles. The van der Waals surface area contributed by atoms with Gasteiger partial charge in [0.25, 0.3) is 0 Å². The molecule has 0 saturated heterocycles. The zero-order valence-electron chi connectivity index (χ0n) is 11.4. The molecular weight excluding hydrogens is 274 g/mol. The van der Waals surface area contributed by atoms with E-state index in [4.69, 9.17) is 5.73 Å². The summed E-state index contributed by atoms with van der Waals surface area (Å²) in [5.74, 6) is -0.604. The number of ketones is 2. The van der Waals surface area contributed by atoms with Crippen LogP contribution in [0.3, 0.4) is 0 Å². The lowest BCUT2D eigenvalue weighted by Gasteiger charge is -2.34. The lowest BCUT2D eigenvalue weighted by Crippen LogP contribution is -2.45. The molecular formula is C16H20ClNO2. The summed E-state index contributed by atoms with van der Waals surface area (Å²) in [5, 5.41) is 0. The van der Waals surface area contributed by atoms with Gasteiger partial charge in [0.05, 0.1) is 5.92 Å². The number of rotatable bonds is 2. The van der Waals surface area contributed by atoms with Gasteiger partial charge in [-0.1, -0.05) is 43.5 Å². The van der Waals surface area contributed by atoms with E-state index in [1.807, 2.05) is 12.1 Å². The number of Topliss-reactive ketones (excluding diaryl/α,β-unsaturated/α-hetero) is 2. The van der Waals surface area contributed by atoms with E-state index < -0.39 is 5.92 Å². The van der Waals surface area contributed by atoms with Crippen LogP contribution in [-0.4, -0.2) is 17.1 Å². The van der Waals surface area contributed by atoms with Crippen molar-refractivity contribution in [2.45, 2.75) is 44.1 Å². The first-order valence-electron chi connectivity index (χ1n) is 7.07. The third kappa shape index (κ3) is 2.52. The molecule has 0 radical (unpaired) electrons. The predicted molar refractivity (Wildman–Crippen MR) is 80.5 cm³/mol. The average Bonchev–Trinajstić information content (AvgIpc) is 2.65. The van der Waals surface area contributed by atoms with Gasteiger partial charge in [-0.05, 0) is 19.3 Å². The number of fused-ring (bicyclic) bond motifs is 1. The number of hydrogen-bond donors (Lipinski definition) is 1. The van der Waals surface area contributed by atoms with Gasteiger partial charge in [0.2, 0.25) is 0 Å². The van der Waals surface area contributed by atoms with Crippen LogP contribution in [0.5, 0.6) is 0 Å². The standard InChI is InChI=1S/C16H19NO2.ClH/c17-16(8-4-1-5-9-16)10-13-14(18)11-6-2-3-7-12(11)15(13)19;/h2-3,6-7,13H,1,4-5,8-10,17H2;1H. The normalized spacial score (nSPS) is 21.4. The van der Waals surface area contributed by atoms with Gasteiger partial charge >= 0.3 is 0 Å². The zero-order valence-corrected chi connectivity index (χ0v) is 12.2. The lowest BCUT2D eigenvalue weighted by atomic mass is 9.75. The first kappa shape index (κ1) is 15.2. The largest absolute Gasteiger partial charge is 0.325 e. The minimum absolute atomic E-state index is 0. The molecule has 0 atom stereocenters. The summed E-state index contributed by atoms with van der Waals surface area (Å²) in [4.78, 5) is 24.7. The van der Waals surface area contributed by atoms with E-state index in [0.717, 1.165) is 25.7 Å². The quantitative estimate of drug-likeness (QED) is 0.852. The molecule has 108 valence electrons. The van der Waals surface area contributed by atoms with E-state index >= 15 is 0 Å². The fourth-order valence-electron chi connectivity index (χ4n) is 3.46. The summed E-state index contributed by atoms with van der Waals surface area (Å²) in [6.45, 7) is 0. The van der Waals surface area contributed by atoms with Crippen LogP contribution in [0.1, 0.15) is 59.2 Å². The molecule has 3 rings (SSSR count). The summed E-state index contributed by atoms with van der Waals surface area (Å²) >= 11 is 0. The van der Waals surface area contributed by atoms with Crippen molar-refractivity contribution in [3.05, 3.63) is 35.4 Å². The summed E-state index contributed by atoms with van der Waals surface area (Å²) in [6, 6.07) is 7.12. The number of carbonyl (C=O) groups is 2. The second-order valence-electron chi connectivity index (χ2n) is 5.95. The van der Waals surface area contributed by atoms with Gasteiger partial charge in [-0.3, -0.25) is 9.59 Å². The van der Waals surface area contributed by atoms with Crippen molar-refractivity contribution in [2.75, 3.05) is 0 Å². The fourth-order valence-corrected chi connectivity index (χ4v) is 3.46. The average molecular weight is 294 g/mol. The minimum atomic E-state index is -0.541. The Morgan fingerprint density at radius 3 is 2.00 bits per heavy atom. The molecule has 0 spiro atoms. The second kappa shape index (κ2) is 5.66. The minimum Gasteiger partial charge on any atom is -0.325 e. The van der Waals surface area contributed by atoms with Crippen molar-refractivity contribution in [3.8, 4) is 0 Å². The lowest BCUT2D eigenvalue weighted by molar-refractivity contribution is 0.0794. The Bertz CT molecular complexity index is 500. The third-order valence-corrected chi connectivity index (χ3v) is 4.55. The highest BCUT2D eigenvalue weighted by atomic mass is 35.5. The molecule has 2 N–H and O–H groups in total. The SMILES string of the molecule is Cl.NC1(CC2C(=O)c3ccccc3C2=O)CCCCC1. The molecule has 0 unspecified atom stereocenters. The molecule has 0 bridgehead atoms. The van der Waals surface area contributed by atoms with Gasteiger partial charge in [-0.25, -0.2) is 0 Å². The van der Waals surface area contributed by atoms with Crippen LogP contribution in [-0.2, 0) is 0 Å².